The van der Waals surface area contributed by atoms with Crippen molar-refractivity contribution in [2.24, 2.45) is 0 Å². The van der Waals surface area contributed by atoms with E-state index < -0.39 is 22.1 Å². The number of anilines is 1. The molecule has 0 radical (unpaired) electrons. The third kappa shape index (κ3) is 7.20. The summed E-state index contributed by atoms with van der Waals surface area (Å²) in [6, 6.07) is 14.9. The smallest absolute Gasteiger partial charge is 0.335 e. The summed E-state index contributed by atoms with van der Waals surface area (Å²) in [5.41, 5.74) is 4.47. The summed E-state index contributed by atoms with van der Waals surface area (Å²) in [6.07, 6.45) is 0.0630. The van der Waals surface area contributed by atoms with Crippen LogP contribution in [0.25, 0.3) is 11.1 Å². The Hall–Kier alpha value is -3.60. The number of hydrogen-bond donors (Lipinski definition) is 5. The Morgan fingerprint density at radius 2 is 1.64 bits per heavy atom. The Bertz CT molecular complexity index is 1320. The highest BCUT2D eigenvalue weighted by Gasteiger charge is 2.13. The number of carboxylic acids is 1. The lowest BCUT2D eigenvalue weighted by molar-refractivity contribution is 0.0697. The van der Waals surface area contributed by atoms with Crippen LogP contribution in [0.2, 0.25) is 0 Å². The quantitative estimate of drug-likeness (QED) is 0.193. The van der Waals surface area contributed by atoms with Gasteiger partial charge in [0, 0.05) is 13.1 Å². The molecule has 5 N–H and O–H groups in total. The molecule has 0 bridgehead atoms. The van der Waals surface area contributed by atoms with Gasteiger partial charge in [0.2, 0.25) is 10.0 Å². The summed E-state index contributed by atoms with van der Waals surface area (Å²) in [4.78, 5) is 11.1. The number of hydrogen-bond acceptors (Lipinski definition) is 7. The zero-order valence-electron chi connectivity index (χ0n) is 20.3. The zero-order valence-corrected chi connectivity index (χ0v) is 21.1. The van der Waals surface area contributed by atoms with E-state index >= 15 is 0 Å². The molecule has 0 saturated heterocycles. The van der Waals surface area contributed by atoms with E-state index in [2.05, 4.69) is 10.0 Å². The van der Waals surface area contributed by atoms with Gasteiger partial charge in [-0.25, -0.2) is 13.2 Å². The van der Waals surface area contributed by atoms with E-state index in [0.29, 0.717) is 18.7 Å². The third-order valence-electron chi connectivity index (χ3n) is 5.49. The van der Waals surface area contributed by atoms with Gasteiger partial charge in [0.1, 0.15) is 18.1 Å². The minimum atomic E-state index is -3.57. The molecule has 0 heterocycles. The van der Waals surface area contributed by atoms with Gasteiger partial charge in [-0.15, -0.1) is 0 Å². The first kappa shape index (κ1) is 27.0. The molecule has 0 aromatic heterocycles. The molecule has 0 saturated carbocycles. The number of aliphatic hydroxyl groups is 1. The van der Waals surface area contributed by atoms with Gasteiger partial charge in [-0.1, -0.05) is 18.2 Å². The Morgan fingerprint density at radius 3 is 2.22 bits per heavy atom. The van der Waals surface area contributed by atoms with E-state index in [1.807, 2.05) is 26.0 Å². The van der Waals surface area contributed by atoms with Gasteiger partial charge < -0.3 is 25.4 Å². The predicted molar refractivity (Wildman–Crippen MR) is 138 cm³/mol. The standard InChI is InChI=1S/C26H30N2O7S/c1-16-12-21(18-4-6-19(7-5-18)26(31)32)13-17(2)25(16)35-11-10-27-15-24(30)20-8-9-23(29)22(14-20)28-36(3,33)34/h4-9,12-14,24,27-30H,10-11,15H2,1-3H3,(H,31,32)/t24-/m1/s1. The van der Waals surface area contributed by atoms with E-state index in [0.717, 1.165) is 34.3 Å². The van der Waals surface area contributed by atoms with Gasteiger partial charge in [-0.2, -0.15) is 0 Å². The number of aromatic hydroxyl groups is 1. The lowest BCUT2D eigenvalue weighted by Crippen LogP contribution is -2.26. The van der Waals surface area contributed by atoms with E-state index in [1.165, 1.54) is 18.2 Å². The van der Waals surface area contributed by atoms with Crippen LogP contribution in [0.15, 0.2) is 54.6 Å². The number of aromatic carboxylic acids is 1. The summed E-state index contributed by atoms with van der Waals surface area (Å²) in [5, 5.41) is 32.4. The summed E-state index contributed by atoms with van der Waals surface area (Å²) in [5.74, 6) is -0.430. The van der Waals surface area contributed by atoms with Crippen molar-refractivity contribution < 1.29 is 33.3 Å². The number of sulfonamides is 1. The molecule has 10 heteroatoms. The summed E-state index contributed by atoms with van der Waals surface area (Å²) in [7, 11) is -3.57. The fourth-order valence-electron chi connectivity index (χ4n) is 3.77. The van der Waals surface area contributed by atoms with Crippen molar-refractivity contribution in [3.05, 3.63) is 76.9 Å². The Labute approximate surface area is 210 Å². The van der Waals surface area contributed by atoms with E-state index in [4.69, 9.17) is 9.84 Å². The zero-order chi connectivity index (χ0) is 26.5. The average molecular weight is 515 g/mol. The number of ether oxygens (including phenoxy) is 1. The van der Waals surface area contributed by atoms with Crippen LogP contribution >= 0.6 is 0 Å². The molecule has 9 nitrogen and oxygen atoms in total. The van der Waals surface area contributed by atoms with Crippen LogP contribution in [-0.4, -0.2) is 55.7 Å². The van der Waals surface area contributed by atoms with Crippen molar-refractivity contribution >= 4 is 21.7 Å². The molecule has 3 aromatic rings. The minimum absolute atomic E-state index is 0.00427. The molecule has 36 heavy (non-hydrogen) atoms. The molecule has 0 aliphatic carbocycles. The number of aryl methyl sites for hydroxylation is 2. The van der Waals surface area contributed by atoms with Gasteiger partial charge in [-0.3, -0.25) is 4.72 Å². The maximum absolute atomic E-state index is 11.4. The molecule has 3 aromatic carbocycles. The fraction of sp³-hybridized carbons (Fsp3) is 0.269. The van der Waals surface area contributed by atoms with Crippen molar-refractivity contribution in [3.8, 4) is 22.6 Å². The highest BCUT2D eigenvalue weighted by Crippen LogP contribution is 2.31. The van der Waals surface area contributed by atoms with E-state index in [-0.39, 0.29) is 23.5 Å². The summed E-state index contributed by atoms with van der Waals surface area (Å²) >= 11 is 0. The van der Waals surface area contributed by atoms with Gasteiger partial charge in [0.15, 0.2) is 0 Å². The van der Waals surface area contributed by atoms with Gasteiger partial charge in [0.05, 0.1) is 23.6 Å². The number of phenolic OH excluding ortho intramolecular Hbond substituents is 1. The first-order valence-corrected chi connectivity index (χ1v) is 13.1. The van der Waals surface area contributed by atoms with Gasteiger partial charge in [0.25, 0.3) is 0 Å². The highest BCUT2D eigenvalue weighted by molar-refractivity contribution is 7.92. The van der Waals surface area contributed by atoms with Crippen LogP contribution in [0.5, 0.6) is 11.5 Å². The molecular formula is C26H30N2O7S. The average Bonchev–Trinajstić information content (AvgIpc) is 2.80. The molecule has 0 amide bonds. The summed E-state index contributed by atoms with van der Waals surface area (Å²) in [6.45, 7) is 4.91. The Morgan fingerprint density at radius 1 is 1.00 bits per heavy atom. The summed E-state index contributed by atoms with van der Waals surface area (Å²) < 4.78 is 31.0. The maximum Gasteiger partial charge on any atom is 0.335 e. The van der Waals surface area contributed by atoms with Crippen molar-refractivity contribution in [2.45, 2.75) is 20.0 Å². The van der Waals surface area contributed by atoms with Gasteiger partial charge >= 0.3 is 5.97 Å². The predicted octanol–water partition coefficient (Wildman–Crippen LogP) is 3.45. The first-order chi connectivity index (χ1) is 16.9. The second-order valence-electron chi connectivity index (χ2n) is 8.54. The fourth-order valence-corrected chi connectivity index (χ4v) is 4.34. The van der Waals surface area contributed by atoms with Gasteiger partial charge in [-0.05, 0) is 78.1 Å². The second kappa shape index (κ2) is 11.4. The van der Waals surface area contributed by atoms with E-state index in [1.54, 1.807) is 24.3 Å². The Balaban J connectivity index is 1.54. The monoisotopic (exact) mass is 514 g/mol. The molecule has 0 unspecified atom stereocenters. The molecule has 1 atom stereocenters. The topological polar surface area (TPSA) is 145 Å². The molecule has 0 fully saturated rings. The van der Waals surface area contributed by atoms with Crippen LogP contribution in [0.3, 0.4) is 0 Å². The number of aliphatic hydroxyl groups excluding tert-OH is 1. The molecule has 0 aliphatic heterocycles. The molecule has 192 valence electrons. The number of phenols is 1. The van der Waals surface area contributed by atoms with Crippen LogP contribution < -0.4 is 14.8 Å². The van der Waals surface area contributed by atoms with Crippen molar-refractivity contribution in [2.75, 3.05) is 30.7 Å². The first-order valence-electron chi connectivity index (χ1n) is 11.2. The third-order valence-corrected chi connectivity index (χ3v) is 6.08. The number of carboxylic acid groups (broad SMARTS) is 1. The number of benzene rings is 3. The maximum atomic E-state index is 11.4. The minimum Gasteiger partial charge on any atom is -0.506 e. The Kier molecular flexibility index (Phi) is 8.57. The highest BCUT2D eigenvalue weighted by atomic mass is 32.2. The lowest BCUT2D eigenvalue weighted by Gasteiger charge is -2.16. The van der Waals surface area contributed by atoms with Crippen LogP contribution in [0.1, 0.15) is 33.2 Å². The van der Waals surface area contributed by atoms with E-state index in [9.17, 15) is 23.4 Å². The molecule has 0 spiro atoms. The normalized spacial score (nSPS) is 12.2. The second-order valence-corrected chi connectivity index (χ2v) is 10.3. The van der Waals surface area contributed by atoms with Crippen LogP contribution in [0.4, 0.5) is 5.69 Å². The number of rotatable bonds is 11. The molecular weight excluding hydrogens is 484 g/mol. The van der Waals surface area contributed by atoms with Crippen LogP contribution in [0, 0.1) is 13.8 Å². The van der Waals surface area contributed by atoms with Crippen LogP contribution in [-0.2, 0) is 10.0 Å². The number of nitrogens with one attached hydrogen (secondary N) is 2. The number of carbonyl (C=O) groups is 1. The van der Waals surface area contributed by atoms with Crippen molar-refractivity contribution in [3.63, 3.8) is 0 Å². The van der Waals surface area contributed by atoms with Crippen molar-refractivity contribution in [1.29, 1.82) is 0 Å². The molecule has 0 aliphatic rings. The lowest BCUT2D eigenvalue weighted by atomic mass is 9.99. The molecule has 3 rings (SSSR count). The van der Waals surface area contributed by atoms with Crippen molar-refractivity contribution in [1.82, 2.24) is 5.32 Å². The largest absolute Gasteiger partial charge is 0.506 e. The SMILES string of the molecule is Cc1cc(-c2ccc(C(=O)O)cc2)cc(C)c1OCCNC[C@@H](O)c1ccc(O)c(NS(C)(=O)=O)c1.